The Hall–Kier alpha value is -2.40. The van der Waals surface area contributed by atoms with Crippen LogP contribution in [0.25, 0.3) is 11.4 Å². The van der Waals surface area contributed by atoms with Crippen molar-refractivity contribution in [2.24, 2.45) is 0 Å². The Morgan fingerprint density at radius 2 is 1.94 bits per heavy atom. The van der Waals surface area contributed by atoms with Gasteiger partial charge in [0.25, 0.3) is 0 Å². The first-order valence-electron chi connectivity index (χ1n) is 12.0. The predicted octanol–water partition coefficient (Wildman–Crippen LogP) is 4.46. The molecule has 0 radical (unpaired) electrons. The first-order valence-corrected chi connectivity index (χ1v) is 13.8. The van der Waals surface area contributed by atoms with E-state index in [1.54, 1.807) is 0 Å². The molecule has 3 fully saturated rings. The summed E-state index contributed by atoms with van der Waals surface area (Å²) in [6, 6.07) is 9.55. The second-order valence-corrected chi connectivity index (χ2v) is 11.9. The normalized spacial score (nSPS) is 21.6. The van der Waals surface area contributed by atoms with Gasteiger partial charge >= 0.3 is 6.03 Å². The Morgan fingerprint density at radius 1 is 1.18 bits per heavy atom. The molecule has 2 saturated carbocycles. The lowest BCUT2D eigenvalue weighted by Gasteiger charge is -2.35. The quantitative estimate of drug-likeness (QED) is 0.455. The lowest BCUT2D eigenvalue weighted by Crippen LogP contribution is -2.44. The molecule has 10 heteroatoms. The van der Waals surface area contributed by atoms with Gasteiger partial charge in [-0.1, -0.05) is 0 Å². The van der Waals surface area contributed by atoms with E-state index in [9.17, 15) is 13.9 Å². The van der Waals surface area contributed by atoms with Crippen LogP contribution >= 0.6 is 10.6 Å². The van der Waals surface area contributed by atoms with Crippen LogP contribution in [0.4, 0.5) is 16.3 Å². The van der Waals surface area contributed by atoms with Crippen LogP contribution in [-0.4, -0.2) is 62.2 Å². The van der Waals surface area contributed by atoms with Gasteiger partial charge in [0.1, 0.15) is 5.82 Å². The van der Waals surface area contributed by atoms with E-state index >= 15 is 0 Å². The molecule has 2 heterocycles. The summed E-state index contributed by atoms with van der Waals surface area (Å²) in [7, 11) is -2.72. The fourth-order valence-electron chi connectivity index (χ4n) is 4.29. The molecule has 3 aliphatic rings. The molecule has 1 aromatic heterocycles. The van der Waals surface area contributed by atoms with Crippen molar-refractivity contribution in [3.05, 3.63) is 36.0 Å². The van der Waals surface area contributed by atoms with Gasteiger partial charge in [-0.25, -0.2) is 14.8 Å². The fourth-order valence-corrected chi connectivity index (χ4v) is 6.00. The number of hydrogen-bond donors (Lipinski definition) is 4. The Labute approximate surface area is 201 Å². The van der Waals surface area contributed by atoms with Gasteiger partial charge in [-0.05, 0) is 63.3 Å². The van der Waals surface area contributed by atoms with Gasteiger partial charge in [-0.15, -0.1) is 0 Å². The van der Waals surface area contributed by atoms with E-state index in [1.807, 2.05) is 30.3 Å². The summed E-state index contributed by atoms with van der Waals surface area (Å²) >= 11 is 0. The van der Waals surface area contributed by atoms with Crippen molar-refractivity contribution >= 4 is 28.1 Å². The zero-order chi connectivity index (χ0) is 23.7. The third-order valence-electron chi connectivity index (χ3n) is 6.69. The number of hydrogen-bond acceptors (Lipinski definition) is 7. The smallest absolute Gasteiger partial charge is 0.319 e. The van der Waals surface area contributed by atoms with Crippen molar-refractivity contribution in [2.75, 3.05) is 30.0 Å². The highest BCUT2D eigenvalue weighted by Crippen LogP contribution is 2.57. The average molecular weight is 488 g/mol. The molecule has 2 aliphatic carbocycles. The molecule has 5 rings (SSSR count). The molecule has 2 aromatic rings. The molecule has 1 atom stereocenters. The van der Waals surface area contributed by atoms with Crippen molar-refractivity contribution in [3.63, 3.8) is 0 Å². The Bertz CT molecular complexity index is 1030. The molecule has 0 unspecified atom stereocenters. The lowest BCUT2D eigenvalue weighted by molar-refractivity contribution is 0.0985. The number of amides is 2. The third-order valence-corrected chi connectivity index (χ3v) is 8.95. The minimum atomic E-state index is -2.72. The summed E-state index contributed by atoms with van der Waals surface area (Å²) in [5.41, 5.74) is 2.13. The van der Waals surface area contributed by atoms with E-state index in [-0.39, 0.29) is 29.1 Å². The molecule has 1 aromatic carbocycles. The molecule has 1 saturated heterocycles. The number of benzene rings is 1. The van der Waals surface area contributed by atoms with E-state index in [1.165, 1.54) is 6.42 Å². The fraction of sp³-hybridized carbons (Fsp3) is 0.542. The number of urea groups is 1. The molecule has 0 spiro atoms. The second kappa shape index (κ2) is 9.69. The minimum absolute atomic E-state index is 0.0203. The maximum atomic E-state index is 12.2. The summed E-state index contributed by atoms with van der Waals surface area (Å²) in [5, 5.41) is 5.82. The summed E-state index contributed by atoms with van der Waals surface area (Å²) in [6.45, 7) is 4.05. The molecular weight excluding hydrogens is 454 g/mol. The zero-order valence-corrected chi connectivity index (χ0v) is 20.3. The molecule has 1 aliphatic heterocycles. The number of carbonyl (C=O) groups excluding carboxylic acids is 1. The number of anilines is 2. The highest BCUT2D eigenvalue weighted by molar-refractivity contribution is 8.24. The maximum Gasteiger partial charge on any atom is 0.319 e. The second-order valence-electron chi connectivity index (χ2n) is 9.52. The Kier molecular flexibility index (Phi) is 6.65. The van der Waals surface area contributed by atoms with Crippen LogP contribution in [-0.2, 0) is 10.5 Å². The number of ether oxygens (including phenoxy) is 1. The molecule has 0 bridgehead atoms. The van der Waals surface area contributed by atoms with Crippen LogP contribution in [0.15, 0.2) is 30.3 Å². The molecular formula is C24H33N5O4S. The standard InChI is InChI=1S/C24H33N5O4S/c1-16-14-33-12-11-29(16)22-13-20(15-34(31,32)21-9-10-21)25-23(28-22)17-5-7-19(8-6-17)27-24(30)26-18-3-2-4-18/h5-8,13,16,18,21,31-32H,2-4,9-12,14-15H2,1H3,(H2,26,27,30)/t16-/m0/s1. The topological polar surface area (TPSA) is 120 Å². The molecule has 34 heavy (non-hydrogen) atoms. The number of aromatic nitrogens is 2. The van der Waals surface area contributed by atoms with Gasteiger partial charge < -0.3 is 20.3 Å². The first-order chi connectivity index (χ1) is 16.4. The first kappa shape index (κ1) is 23.3. The summed E-state index contributed by atoms with van der Waals surface area (Å²) in [6.07, 6.45) is 4.96. The van der Waals surface area contributed by atoms with Gasteiger partial charge in [-0.3, -0.25) is 9.11 Å². The minimum Gasteiger partial charge on any atom is -0.377 e. The van der Waals surface area contributed by atoms with E-state index < -0.39 is 10.6 Å². The summed E-state index contributed by atoms with van der Waals surface area (Å²) in [4.78, 5) is 23.9. The van der Waals surface area contributed by atoms with E-state index in [2.05, 4.69) is 22.5 Å². The highest BCUT2D eigenvalue weighted by Gasteiger charge is 2.36. The van der Waals surface area contributed by atoms with Crippen LogP contribution in [0.2, 0.25) is 0 Å². The largest absolute Gasteiger partial charge is 0.377 e. The molecule has 2 amide bonds. The molecule has 184 valence electrons. The predicted molar refractivity (Wildman–Crippen MR) is 134 cm³/mol. The number of rotatable bonds is 7. The van der Waals surface area contributed by atoms with Crippen molar-refractivity contribution in [1.82, 2.24) is 15.3 Å². The Balaban J connectivity index is 1.38. The van der Waals surface area contributed by atoms with Crippen LogP contribution in [0.3, 0.4) is 0 Å². The van der Waals surface area contributed by atoms with E-state index in [0.29, 0.717) is 30.4 Å². The van der Waals surface area contributed by atoms with Gasteiger partial charge in [0.05, 0.1) is 30.7 Å². The highest BCUT2D eigenvalue weighted by atomic mass is 32.3. The van der Waals surface area contributed by atoms with Crippen LogP contribution in [0.5, 0.6) is 0 Å². The van der Waals surface area contributed by atoms with Crippen molar-refractivity contribution in [3.8, 4) is 11.4 Å². The van der Waals surface area contributed by atoms with Gasteiger partial charge in [0, 0.05) is 35.2 Å². The van der Waals surface area contributed by atoms with Crippen molar-refractivity contribution in [1.29, 1.82) is 0 Å². The number of nitrogens with zero attached hydrogens (tertiary/aromatic N) is 3. The Morgan fingerprint density at radius 3 is 2.59 bits per heavy atom. The number of nitrogens with one attached hydrogen (secondary N) is 2. The molecule has 4 N–H and O–H groups in total. The van der Waals surface area contributed by atoms with Crippen LogP contribution in [0, 0.1) is 0 Å². The van der Waals surface area contributed by atoms with Gasteiger partial charge in [0.15, 0.2) is 5.82 Å². The SMILES string of the molecule is C[C@H]1COCCN1c1cc(CS(O)(O)C2CC2)nc(-c2ccc(NC(=O)NC3CCC3)cc2)n1. The van der Waals surface area contributed by atoms with Gasteiger partial charge in [0.2, 0.25) is 0 Å². The number of carbonyl (C=O) groups is 1. The number of morpholine rings is 1. The average Bonchev–Trinajstić information content (AvgIpc) is 3.63. The third kappa shape index (κ3) is 5.46. The summed E-state index contributed by atoms with van der Waals surface area (Å²) < 4.78 is 26.8. The monoisotopic (exact) mass is 487 g/mol. The van der Waals surface area contributed by atoms with E-state index in [0.717, 1.165) is 43.6 Å². The van der Waals surface area contributed by atoms with Crippen LogP contribution in [0.1, 0.15) is 44.7 Å². The molecule has 9 nitrogen and oxygen atoms in total. The zero-order valence-electron chi connectivity index (χ0n) is 19.4. The van der Waals surface area contributed by atoms with Crippen molar-refractivity contribution in [2.45, 2.75) is 62.1 Å². The van der Waals surface area contributed by atoms with Gasteiger partial charge in [-0.2, -0.15) is 10.6 Å². The van der Waals surface area contributed by atoms with Crippen molar-refractivity contribution < 1.29 is 18.6 Å². The van der Waals surface area contributed by atoms with Crippen LogP contribution < -0.4 is 15.5 Å². The van der Waals surface area contributed by atoms with E-state index in [4.69, 9.17) is 14.7 Å². The maximum absolute atomic E-state index is 12.2. The lowest BCUT2D eigenvalue weighted by atomic mass is 9.93. The summed E-state index contributed by atoms with van der Waals surface area (Å²) in [5.74, 6) is 1.44.